The zero-order valence-electron chi connectivity index (χ0n) is 11.6. The number of hydrogen-bond acceptors (Lipinski definition) is 7. The molecule has 5 atom stereocenters. The van der Waals surface area contributed by atoms with Crippen LogP contribution in [0.4, 0.5) is 10.1 Å². The maximum absolute atomic E-state index is 12.8. The second-order valence-corrected chi connectivity index (χ2v) is 4.99. The number of aryl methyl sites for hydroxylation is 1. The Morgan fingerprint density at radius 2 is 2.00 bits per heavy atom. The monoisotopic (exact) mass is 317 g/mol. The molecule has 1 aliphatic rings. The average molecular weight is 317 g/mol. The third-order valence-corrected chi connectivity index (χ3v) is 3.43. The summed E-state index contributed by atoms with van der Waals surface area (Å²) in [5.41, 5.74) is 0.273. The first-order valence-corrected chi connectivity index (χ1v) is 6.52. The van der Waals surface area contributed by atoms with E-state index in [1.165, 1.54) is 18.2 Å². The van der Waals surface area contributed by atoms with Crippen LogP contribution in [0.3, 0.4) is 0 Å². The molecule has 1 aromatic carbocycles. The molecule has 0 aliphatic carbocycles. The van der Waals surface area contributed by atoms with Crippen LogP contribution in [0.5, 0.6) is 5.75 Å². The van der Waals surface area contributed by atoms with Crippen LogP contribution in [0.25, 0.3) is 0 Å². The highest BCUT2D eigenvalue weighted by molar-refractivity contribution is 5.43. The Bertz CT molecular complexity index is 553. The van der Waals surface area contributed by atoms with E-state index in [1.807, 2.05) is 0 Å². The fourth-order valence-corrected chi connectivity index (χ4v) is 2.15. The maximum atomic E-state index is 12.8. The van der Waals surface area contributed by atoms with Gasteiger partial charge in [-0.15, -0.1) is 0 Å². The summed E-state index contributed by atoms with van der Waals surface area (Å²) in [5, 5.41) is 39.7. The maximum Gasteiger partial charge on any atom is 0.269 e. The van der Waals surface area contributed by atoms with E-state index in [0.717, 1.165) is 0 Å². The van der Waals surface area contributed by atoms with Gasteiger partial charge in [-0.2, -0.15) is 0 Å². The minimum Gasteiger partial charge on any atom is -0.462 e. The summed E-state index contributed by atoms with van der Waals surface area (Å²) in [7, 11) is 0. The molecule has 1 heterocycles. The molecule has 122 valence electrons. The number of nitro benzene ring substituents is 1. The lowest BCUT2D eigenvalue weighted by atomic mass is 9.99. The molecule has 1 aliphatic heterocycles. The third kappa shape index (κ3) is 3.17. The SMILES string of the molecule is Cc1cc([N+](=O)[O-])ccc1O[C@@H]1OC(CF)[C@@H](O)[C@H](O)C1O. The molecule has 0 aromatic heterocycles. The van der Waals surface area contributed by atoms with Gasteiger partial charge >= 0.3 is 0 Å². The number of nitrogens with zero attached hydrogens (tertiary/aromatic N) is 1. The van der Waals surface area contributed by atoms with Crippen molar-refractivity contribution in [3.63, 3.8) is 0 Å². The fourth-order valence-electron chi connectivity index (χ4n) is 2.15. The van der Waals surface area contributed by atoms with Crippen molar-refractivity contribution in [3.8, 4) is 5.75 Å². The molecule has 0 spiro atoms. The van der Waals surface area contributed by atoms with Crippen molar-refractivity contribution in [1.29, 1.82) is 0 Å². The molecule has 0 amide bonds. The number of rotatable bonds is 4. The molecule has 0 radical (unpaired) electrons. The molecular formula is C13H16FNO7. The predicted octanol–water partition coefficient (Wildman–Crippen LogP) is 0.0591. The number of hydrogen-bond donors (Lipinski definition) is 3. The molecule has 2 unspecified atom stereocenters. The first-order valence-electron chi connectivity index (χ1n) is 6.52. The van der Waals surface area contributed by atoms with Crippen molar-refractivity contribution < 1.29 is 34.1 Å². The number of alkyl halides is 1. The van der Waals surface area contributed by atoms with Gasteiger partial charge in [0.25, 0.3) is 5.69 Å². The highest BCUT2D eigenvalue weighted by atomic mass is 19.1. The van der Waals surface area contributed by atoms with Crippen molar-refractivity contribution in [3.05, 3.63) is 33.9 Å². The van der Waals surface area contributed by atoms with Gasteiger partial charge in [-0.05, 0) is 18.6 Å². The van der Waals surface area contributed by atoms with Crippen LogP contribution in [0.15, 0.2) is 18.2 Å². The van der Waals surface area contributed by atoms with Crippen molar-refractivity contribution in [2.24, 2.45) is 0 Å². The summed E-state index contributed by atoms with van der Waals surface area (Å²) in [6.07, 6.45) is -7.52. The molecule has 0 bridgehead atoms. The molecule has 9 heteroatoms. The molecule has 0 saturated carbocycles. The molecule has 1 aromatic rings. The van der Waals surface area contributed by atoms with Gasteiger partial charge in [0.2, 0.25) is 6.29 Å². The van der Waals surface area contributed by atoms with E-state index in [1.54, 1.807) is 6.92 Å². The minimum atomic E-state index is -1.63. The van der Waals surface area contributed by atoms with Gasteiger partial charge in [0, 0.05) is 12.1 Å². The first-order chi connectivity index (χ1) is 10.3. The van der Waals surface area contributed by atoms with Crippen molar-refractivity contribution in [1.82, 2.24) is 0 Å². The van der Waals surface area contributed by atoms with E-state index in [0.29, 0.717) is 5.56 Å². The lowest BCUT2D eigenvalue weighted by Crippen LogP contribution is -2.59. The van der Waals surface area contributed by atoms with Crippen LogP contribution in [0, 0.1) is 17.0 Å². The summed E-state index contributed by atoms with van der Waals surface area (Å²) in [6, 6.07) is 3.78. The lowest BCUT2D eigenvalue weighted by Gasteiger charge is -2.39. The van der Waals surface area contributed by atoms with Crippen molar-refractivity contribution in [2.45, 2.75) is 37.6 Å². The van der Waals surface area contributed by atoms with Crippen LogP contribution in [0.1, 0.15) is 5.56 Å². The second-order valence-electron chi connectivity index (χ2n) is 4.99. The van der Waals surface area contributed by atoms with Gasteiger partial charge < -0.3 is 24.8 Å². The molecule has 1 fully saturated rings. The Morgan fingerprint density at radius 1 is 1.32 bits per heavy atom. The highest BCUT2D eigenvalue weighted by Gasteiger charge is 2.45. The molecule has 3 N–H and O–H groups in total. The number of ether oxygens (including phenoxy) is 2. The molecule has 22 heavy (non-hydrogen) atoms. The first kappa shape index (κ1) is 16.6. The predicted molar refractivity (Wildman–Crippen MR) is 71.1 cm³/mol. The second kappa shape index (κ2) is 6.53. The number of aliphatic hydroxyl groups is 3. The van der Waals surface area contributed by atoms with Crippen LogP contribution < -0.4 is 4.74 Å². The summed E-state index contributed by atoms with van der Waals surface area (Å²) in [6.45, 7) is 0.486. The Kier molecular flexibility index (Phi) is 4.91. The van der Waals surface area contributed by atoms with Gasteiger partial charge in [-0.3, -0.25) is 10.1 Å². The number of halogens is 1. The number of nitro groups is 1. The standard InChI is InChI=1S/C13H16FNO7/c1-6-4-7(15(19)20)2-3-8(6)21-13-12(18)11(17)10(16)9(5-14)22-13/h2-4,9-13,16-18H,5H2,1H3/t9?,10-,11+,12?,13-/m1/s1. The Hall–Kier alpha value is -1.81. The summed E-state index contributed by atoms with van der Waals surface area (Å²) in [4.78, 5) is 10.1. The summed E-state index contributed by atoms with van der Waals surface area (Å²) < 4.78 is 23.2. The molecule has 2 rings (SSSR count). The van der Waals surface area contributed by atoms with E-state index in [-0.39, 0.29) is 11.4 Å². The zero-order chi connectivity index (χ0) is 16.4. The number of aliphatic hydroxyl groups excluding tert-OH is 3. The van der Waals surface area contributed by atoms with E-state index < -0.39 is 42.3 Å². The lowest BCUT2D eigenvalue weighted by molar-refractivity contribution is -0.384. The quantitative estimate of drug-likeness (QED) is 0.530. The number of non-ortho nitro benzene ring substituents is 1. The van der Waals surface area contributed by atoms with Crippen LogP contribution in [-0.4, -0.2) is 57.6 Å². The van der Waals surface area contributed by atoms with Crippen LogP contribution in [0.2, 0.25) is 0 Å². The van der Waals surface area contributed by atoms with Crippen molar-refractivity contribution in [2.75, 3.05) is 6.67 Å². The molecule has 1 saturated heterocycles. The zero-order valence-corrected chi connectivity index (χ0v) is 11.6. The van der Waals surface area contributed by atoms with E-state index in [2.05, 4.69) is 0 Å². The third-order valence-electron chi connectivity index (χ3n) is 3.43. The van der Waals surface area contributed by atoms with Crippen LogP contribution >= 0.6 is 0 Å². The average Bonchev–Trinajstić information content (AvgIpc) is 2.49. The van der Waals surface area contributed by atoms with Gasteiger partial charge in [0.1, 0.15) is 36.8 Å². The highest BCUT2D eigenvalue weighted by Crippen LogP contribution is 2.28. The van der Waals surface area contributed by atoms with Gasteiger partial charge in [-0.25, -0.2) is 4.39 Å². The smallest absolute Gasteiger partial charge is 0.269 e. The Balaban J connectivity index is 2.17. The van der Waals surface area contributed by atoms with Crippen molar-refractivity contribution >= 4 is 5.69 Å². The van der Waals surface area contributed by atoms with Crippen LogP contribution in [-0.2, 0) is 4.74 Å². The summed E-state index contributed by atoms with van der Waals surface area (Å²) >= 11 is 0. The summed E-state index contributed by atoms with van der Waals surface area (Å²) in [5.74, 6) is 0.177. The largest absolute Gasteiger partial charge is 0.462 e. The normalized spacial score (nSPS) is 31.8. The molecular weight excluding hydrogens is 301 g/mol. The Labute approximate surface area is 124 Å². The van der Waals surface area contributed by atoms with Gasteiger partial charge in [0.05, 0.1) is 4.92 Å². The van der Waals surface area contributed by atoms with Gasteiger partial charge in [0.15, 0.2) is 0 Å². The van der Waals surface area contributed by atoms with E-state index >= 15 is 0 Å². The molecule has 8 nitrogen and oxygen atoms in total. The fraction of sp³-hybridized carbons (Fsp3) is 0.538. The van der Waals surface area contributed by atoms with E-state index in [9.17, 15) is 29.8 Å². The van der Waals surface area contributed by atoms with E-state index in [4.69, 9.17) is 9.47 Å². The minimum absolute atomic E-state index is 0.132. The number of benzene rings is 1. The Morgan fingerprint density at radius 3 is 2.55 bits per heavy atom. The topological polar surface area (TPSA) is 122 Å². The van der Waals surface area contributed by atoms with Gasteiger partial charge in [-0.1, -0.05) is 0 Å².